The van der Waals surface area contributed by atoms with Crippen LogP contribution in [-0.4, -0.2) is 33.0 Å². The molecule has 0 atom stereocenters. The molecule has 1 aromatic carbocycles. The summed E-state index contributed by atoms with van der Waals surface area (Å²) in [4.78, 5) is 15.2. The number of carbonyl (C=O) groups is 1. The number of hydrogen-bond acceptors (Lipinski definition) is 5. The normalized spacial score (nSPS) is 13.9. The van der Waals surface area contributed by atoms with Crippen LogP contribution in [0.2, 0.25) is 0 Å². The van der Waals surface area contributed by atoms with Gasteiger partial charge in [-0.05, 0) is 47.9 Å². The van der Waals surface area contributed by atoms with E-state index in [2.05, 4.69) is 9.72 Å². The summed E-state index contributed by atoms with van der Waals surface area (Å²) in [5.41, 5.74) is 1.40. The van der Waals surface area contributed by atoms with Gasteiger partial charge in [-0.2, -0.15) is 0 Å². The Kier molecular flexibility index (Phi) is 4.54. The molecule has 1 aliphatic heterocycles. The third-order valence-corrected chi connectivity index (χ3v) is 5.57. The first kappa shape index (κ1) is 17.1. The number of halogens is 1. The molecule has 130 valence electrons. The summed E-state index contributed by atoms with van der Waals surface area (Å²) >= 11 is 0. The predicted octanol–water partition coefficient (Wildman–Crippen LogP) is 2.16. The number of sulfonamides is 1. The van der Waals surface area contributed by atoms with Gasteiger partial charge >= 0.3 is 5.97 Å². The molecule has 0 N–H and O–H groups in total. The third kappa shape index (κ3) is 3.39. The topological polar surface area (TPSA) is 76.6 Å². The molecule has 0 spiro atoms. The number of benzene rings is 1. The molecule has 0 bridgehead atoms. The Morgan fingerprint density at radius 2 is 2.16 bits per heavy atom. The summed E-state index contributed by atoms with van der Waals surface area (Å²) in [5, 5.41) is 0. The molecule has 8 heteroatoms. The van der Waals surface area contributed by atoms with Crippen LogP contribution in [0.3, 0.4) is 0 Å². The highest BCUT2D eigenvalue weighted by atomic mass is 32.2. The Bertz CT molecular complexity index is 957. The Morgan fingerprint density at radius 1 is 1.36 bits per heavy atom. The maximum Gasteiger partial charge on any atom is 0.330 e. The van der Waals surface area contributed by atoms with Gasteiger partial charge in [-0.15, -0.1) is 0 Å². The number of fused-ring (bicyclic) bond motifs is 1. The van der Waals surface area contributed by atoms with Crippen LogP contribution in [0.1, 0.15) is 11.1 Å². The van der Waals surface area contributed by atoms with E-state index in [-0.39, 0.29) is 11.4 Å². The number of carbonyl (C=O) groups excluding carboxylic acids is 1. The first-order valence-corrected chi connectivity index (χ1v) is 8.89. The first-order valence-electron chi connectivity index (χ1n) is 7.45. The van der Waals surface area contributed by atoms with Crippen molar-refractivity contribution in [3.8, 4) is 0 Å². The fraction of sp³-hybridized carbons (Fsp3) is 0.176. The zero-order chi connectivity index (χ0) is 18.0. The molecule has 25 heavy (non-hydrogen) atoms. The van der Waals surface area contributed by atoms with Gasteiger partial charge in [0.15, 0.2) is 0 Å². The molecule has 6 nitrogen and oxygen atoms in total. The van der Waals surface area contributed by atoms with Crippen LogP contribution in [-0.2, 0) is 26.0 Å². The van der Waals surface area contributed by atoms with Crippen molar-refractivity contribution in [1.29, 1.82) is 0 Å². The number of methoxy groups -OCH3 is 1. The summed E-state index contributed by atoms with van der Waals surface area (Å²) < 4.78 is 44.5. The van der Waals surface area contributed by atoms with Gasteiger partial charge in [-0.1, -0.05) is 6.07 Å². The summed E-state index contributed by atoms with van der Waals surface area (Å²) in [6.07, 6.45) is 4.76. The second-order valence-corrected chi connectivity index (χ2v) is 7.25. The van der Waals surface area contributed by atoms with Crippen molar-refractivity contribution in [3.63, 3.8) is 0 Å². The maximum absolute atomic E-state index is 13.4. The fourth-order valence-corrected chi connectivity index (χ4v) is 4.06. The average Bonchev–Trinajstić information content (AvgIpc) is 3.03. The van der Waals surface area contributed by atoms with Gasteiger partial charge in [0.1, 0.15) is 11.6 Å². The van der Waals surface area contributed by atoms with Crippen LogP contribution < -0.4 is 4.31 Å². The zero-order valence-corrected chi connectivity index (χ0v) is 14.2. The molecular weight excluding hydrogens is 347 g/mol. The highest BCUT2D eigenvalue weighted by molar-refractivity contribution is 7.92. The van der Waals surface area contributed by atoms with E-state index in [4.69, 9.17) is 0 Å². The summed E-state index contributed by atoms with van der Waals surface area (Å²) in [6.45, 7) is 0.228. The van der Waals surface area contributed by atoms with Gasteiger partial charge in [0.2, 0.25) is 0 Å². The Balaban J connectivity index is 1.92. The van der Waals surface area contributed by atoms with Crippen LogP contribution in [0, 0.1) is 5.82 Å². The monoisotopic (exact) mass is 362 g/mol. The van der Waals surface area contributed by atoms with E-state index in [1.54, 1.807) is 12.1 Å². The van der Waals surface area contributed by atoms with Gasteiger partial charge in [0.25, 0.3) is 10.0 Å². The first-order chi connectivity index (χ1) is 11.9. The number of anilines is 1. The van der Waals surface area contributed by atoms with Gasteiger partial charge in [-0.3, -0.25) is 0 Å². The molecule has 0 unspecified atom stereocenters. The van der Waals surface area contributed by atoms with Crippen molar-refractivity contribution >= 4 is 27.9 Å². The Morgan fingerprint density at radius 3 is 2.88 bits per heavy atom. The molecule has 2 aromatic rings. The molecular formula is C17H15FN2O4S. The SMILES string of the molecule is COC(=O)C=Cc1cnc2c(c1)CCN2S(=O)(=O)c1cccc(F)c1. The number of pyridine rings is 1. The molecule has 1 aliphatic rings. The molecule has 1 aromatic heterocycles. The predicted molar refractivity (Wildman–Crippen MR) is 89.9 cm³/mol. The lowest BCUT2D eigenvalue weighted by molar-refractivity contribution is -0.134. The van der Waals surface area contributed by atoms with Crippen LogP contribution >= 0.6 is 0 Å². The van der Waals surface area contributed by atoms with Crippen LogP contribution in [0.15, 0.2) is 47.5 Å². The highest BCUT2D eigenvalue weighted by Gasteiger charge is 2.32. The van der Waals surface area contributed by atoms with E-state index in [1.165, 1.54) is 41.9 Å². The summed E-state index contributed by atoms with van der Waals surface area (Å²) in [6, 6.07) is 6.65. The molecule has 0 amide bonds. The second-order valence-electron chi connectivity index (χ2n) is 5.39. The number of esters is 1. The van der Waals surface area contributed by atoms with Gasteiger partial charge in [0, 0.05) is 18.8 Å². The quantitative estimate of drug-likeness (QED) is 0.615. The average molecular weight is 362 g/mol. The van der Waals surface area contributed by atoms with Crippen molar-refractivity contribution in [2.24, 2.45) is 0 Å². The van der Waals surface area contributed by atoms with E-state index in [0.717, 1.165) is 11.6 Å². The lowest BCUT2D eigenvalue weighted by atomic mass is 10.1. The third-order valence-electron chi connectivity index (χ3n) is 3.78. The van der Waals surface area contributed by atoms with Gasteiger partial charge in [0.05, 0.1) is 12.0 Å². The van der Waals surface area contributed by atoms with Gasteiger partial charge in [-0.25, -0.2) is 26.9 Å². The lowest BCUT2D eigenvalue weighted by Gasteiger charge is -2.18. The number of aromatic nitrogens is 1. The van der Waals surface area contributed by atoms with E-state index < -0.39 is 21.8 Å². The number of ether oxygens (including phenoxy) is 1. The number of rotatable bonds is 4. The van der Waals surface area contributed by atoms with Crippen molar-refractivity contribution in [3.05, 3.63) is 59.5 Å². The molecule has 2 heterocycles. The molecule has 0 aliphatic carbocycles. The van der Waals surface area contributed by atoms with E-state index in [1.807, 2.05) is 0 Å². The smallest absolute Gasteiger partial charge is 0.330 e. The Labute approximate surface area is 144 Å². The van der Waals surface area contributed by atoms with Crippen LogP contribution in [0.5, 0.6) is 0 Å². The zero-order valence-electron chi connectivity index (χ0n) is 13.3. The largest absolute Gasteiger partial charge is 0.466 e. The van der Waals surface area contributed by atoms with E-state index >= 15 is 0 Å². The molecule has 3 rings (SSSR count). The van der Waals surface area contributed by atoms with Crippen molar-refractivity contribution < 1.29 is 22.3 Å². The molecule has 0 radical (unpaired) electrons. The van der Waals surface area contributed by atoms with E-state index in [9.17, 15) is 17.6 Å². The second kappa shape index (κ2) is 6.64. The number of nitrogens with zero attached hydrogens (tertiary/aromatic N) is 2. The minimum atomic E-state index is -3.88. The standard InChI is InChI=1S/C17H15FN2O4S/c1-24-16(21)6-5-12-9-13-7-8-20(17(13)19-11-12)25(22,23)15-4-2-3-14(18)10-15/h2-6,9-11H,7-8H2,1H3. The lowest BCUT2D eigenvalue weighted by Crippen LogP contribution is -2.29. The van der Waals surface area contributed by atoms with Crippen molar-refractivity contribution in [2.45, 2.75) is 11.3 Å². The highest BCUT2D eigenvalue weighted by Crippen LogP contribution is 2.31. The number of hydrogen-bond donors (Lipinski definition) is 0. The van der Waals surface area contributed by atoms with Crippen LogP contribution in [0.25, 0.3) is 6.08 Å². The molecule has 0 saturated carbocycles. The van der Waals surface area contributed by atoms with Crippen LogP contribution in [0.4, 0.5) is 10.2 Å². The summed E-state index contributed by atoms with van der Waals surface area (Å²) in [5.74, 6) is -0.785. The minimum absolute atomic E-state index is 0.114. The summed E-state index contributed by atoms with van der Waals surface area (Å²) in [7, 11) is -2.60. The molecule has 0 saturated heterocycles. The van der Waals surface area contributed by atoms with Crippen molar-refractivity contribution in [2.75, 3.05) is 18.0 Å². The fourth-order valence-electron chi connectivity index (χ4n) is 2.57. The van der Waals surface area contributed by atoms with Gasteiger partial charge < -0.3 is 4.74 Å². The Hall–Kier alpha value is -2.74. The minimum Gasteiger partial charge on any atom is -0.466 e. The maximum atomic E-state index is 13.4. The van der Waals surface area contributed by atoms with Crippen molar-refractivity contribution in [1.82, 2.24) is 4.98 Å². The molecule has 0 fully saturated rings. The van der Waals surface area contributed by atoms with E-state index in [0.29, 0.717) is 17.8 Å².